The van der Waals surface area contributed by atoms with E-state index in [0.717, 1.165) is 64.0 Å². The van der Waals surface area contributed by atoms with Gasteiger partial charge in [0, 0.05) is 57.0 Å². The number of rotatable bonds is 6. The number of ether oxygens (including phenoxy) is 1. The van der Waals surface area contributed by atoms with Gasteiger partial charge in [-0.2, -0.15) is 0 Å². The van der Waals surface area contributed by atoms with Crippen LogP contribution in [0, 0.1) is 5.92 Å². The first-order valence-electron chi connectivity index (χ1n) is 11.5. The van der Waals surface area contributed by atoms with Crippen molar-refractivity contribution < 1.29 is 4.74 Å². The van der Waals surface area contributed by atoms with E-state index in [1.165, 1.54) is 35.9 Å². The first-order chi connectivity index (χ1) is 15.3. The molecule has 1 saturated carbocycles. The lowest BCUT2D eigenvalue weighted by Crippen LogP contribution is -2.48. The van der Waals surface area contributed by atoms with Crippen molar-refractivity contribution in [2.45, 2.75) is 25.4 Å². The van der Waals surface area contributed by atoms with Gasteiger partial charge in [0.25, 0.3) is 0 Å². The van der Waals surface area contributed by atoms with Crippen LogP contribution in [0.3, 0.4) is 0 Å². The molecule has 8 heteroatoms. The highest BCUT2D eigenvalue weighted by Gasteiger charge is 2.34. The van der Waals surface area contributed by atoms with Gasteiger partial charge in [0.15, 0.2) is 0 Å². The minimum atomic E-state index is 0.340. The maximum atomic E-state index is 5.56. The minimum absolute atomic E-state index is 0.340. The molecule has 1 aliphatic carbocycles. The number of pyridine rings is 1. The Balaban J connectivity index is 1.29. The van der Waals surface area contributed by atoms with E-state index in [2.05, 4.69) is 53.9 Å². The molecule has 0 aromatic carbocycles. The van der Waals surface area contributed by atoms with Crippen LogP contribution in [0.1, 0.15) is 29.6 Å². The van der Waals surface area contributed by atoms with E-state index >= 15 is 0 Å². The molecule has 3 fully saturated rings. The third kappa shape index (κ3) is 4.22. The molecule has 3 aliphatic rings. The van der Waals surface area contributed by atoms with E-state index in [1.807, 2.05) is 6.20 Å². The first kappa shape index (κ1) is 19.7. The Morgan fingerprint density at radius 2 is 2.00 bits per heavy atom. The summed E-state index contributed by atoms with van der Waals surface area (Å²) in [4.78, 5) is 17.3. The quantitative estimate of drug-likeness (QED) is 0.590. The largest absolute Gasteiger partial charge is 0.378 e. The van der Waals surface area contributed by atoms with Crippen LogP contribution in [0.4, 0.5) is 5.82 Å². The molecule has 3 aromatic rings. The smallest absolute Gasteiger partial charge is 0.138 e. The number of aromatic nitrogens is 3. The fourth-order valence-corrected chi connectivity index (χ4v) is 5.56. The molecular formula is C23H30N6OS. The first-order valence-corrected chi connectivity index (χ1v) is 12.4. The van der Waals surface area contributed by atoms with Gasteiger partial charge in [-0.3, -0.25) is 14.2 Å². The van der Waals surface area contributed by atoms with Crippen molar-refractivity contribution >= 4 is 22.8 Å². The molecule has 6 rings (SSSR count). The lowest BCUT2D eigenvalue weighted by Gasteiger charge is -2.40. The molecule has 5 heterocycles. The summed E-state index contributed by atoms with van der Waals surface area (Å²) in [6.45, 7) is 8.84. The van der Waals surface area contributed by atoms with Gasteiger partial charge in [-0.15, -0.1) is 11.3 Å². The summed E-state index contributed by atoms with van der Waals surface area (Å²) in [5.74, 6) is 2.11. The summed E-state index contributed by atoms with van der Waals surface area (Å²) in [5, 5.41) is 3.28. The number of anilines is 1. The Morgan fingerprint density at radius 1 is 1.10 bits per heavy atom. The van der Waals surface area contributed by atoms with Crippen LogP contribution in [0.2, 0.25) is 0 Å². The molecule has 0 radical (unpaired) electrons. The second-order valence-electron chi connectivity index (χ2n) is 8.99. The fraction of sp³-hybridized carbons (Fsp3) is 0.565. The number of nitrogens with zero attached hydrogens (tertiary/aromatic N) is 6. The fourth-order valence-electron chi connectivity index (χ4n) is 4.90. The average molecular weight is 439 g/mol. The van der Waals surface area contributed by atoms with Crippen molar-refractivity contribution in [3.8, 4) is 0 Å². The van der Waals surface area contributed by atoms with Crippen LogP contribution in [0.15, 0.2) is 36.0 Å². The Morgan fingerprint density at radius 3 is 2.81 bits per heavy atom. The molecule has 0 N–H and O–H groups in total. The number of hydrogen-bond donors (Lipinski definition) is 0. The monoisotopic (exact) mass is 438 g/mol. The summed E-state index contributed by atoms with van der Waals surface area (Å²) in [6, 6.07) is 6.82. The zero-order valence-electron chi connectivity index (χ0n) is 17.9. The number of morpholine rings is 1. The third-order valence-corrected chi connectivity index (χ3v) is 7.54. The molecule has 2 aliphatic heterocycles. The van der Waals surface area contributed by atoms with Crippen molar-refractivity contribution in [1.29, 1.82) is 0 Å². The molecule has 7 nitrogen and oxygen atoms in total. The van der Waals surface area contributed by atoms with Crippen LogP contribution in [-0.4, -0.2) is 76.7 Å². The zero-order chi connectivity index (χ0) is 20.6. The van der Waals surface area contributed by atoms with Crippen molar-refractivity contribution in [3.63, 3.8) is 0 Å². The van der Waals surface area contributed by atoms with Crippen molar-refractivity contribution in [2.24, 2.45) is 5.92 Å². The van der Waals surface area contributed by atoms with Gasteiger partial charge in [-0.25, -0.2) is 9.97 Å². The Bertz CT molecular complexity index is 1010. The molecule has 0 bridgehead atoms. The maximum Gasteiger partial charge on any atom is 0.138 e. The molecule has 2 saturated heterocycles. The van der Waals surface area contributed by atoms with Gasteiger partial charge in [0.1, 0.15) is 16.5 Å². The highest BCUT2D eigenvalue weighted by atomic mass is 32.1. The lowest BCUT2D eigenvalue weighted by molar-refractivity contribution is 0.0639. The normalized spacial score (nSPS) is 23.6. The molecule has 31 heavy (non-hydrogen) atoms. The molecule has 164 valence electrons. The minimum Gasteiger partial charge on any atom is -0.378 e. The number of imidazole rings is 1. The molecule has 0 unspecified atom stereocenters. The van der Waals surface area contributed by atoms with Gasteiger partial charge < -0.3 is 9.64 Å². The summed E-state index contributed by atoms with van der Waals surface area (Å²) in [6.07, 6.45) is 6.98. The van der Waals surface area contributed by atoms with E-state index in [0.29, 0.717) is 6.04 Å². The van der Waals surface area contributed by atoms with E-state index in [1.54, 1.807) is 11.3 Å². The SMILES string of the molecule is c1cc(N2CCOCC2)n2cc([C@@H]3CN(Cc4nccs4)CCN3CC3CC3)nc2c1. The number of fused-ring (bicyclic) bond motifs is 1. The summed E-state index contributed by atoms with van der Waals surface area (Å²) < 4.78 is 7.85. The number of hydrogen-bond acceptors (Lipinski definition) is 7. The third-order valence-electron chi connectivity index (χ3n) is 6.77. The summed E-state index contributed by atoms with van der Waals surface area (Å²) in [5.41, 5.74) is 2.24. The number of thiazole rings is 1. The molecule has 1 atom stereocenters. The topological polar surface area (TPSA) is 49.1 Å². The second kappa shape index (κ2) is 8.50. The van der Waals surface area contributed by atoms with Crippen LogP contribution in [0.5, 0.6) is 0 Å². The van der Waals surface area contributed by atoms with Crippen molar-refractivity contribution in [3.05, 3.63) is 46.7 Å². The Labute approximate surface area is 187 Å². The van der Waals surface area contributed by atoms with Crippen LogP contribution >= 0.6 is 11.3 Å². The Kier molecular flexibility index (Phi) is 5.39. The van der Waals surface area contributed by atoms with Crippen LogP contribution in [0.25, 0.3) is 5.65 Å². The van der Waals surface area contributed by atoms with Crippen molar-refractivity contribution in [2.75, 3.05) is 57.4 Å². The number of piperazine rings is 1. The second-order valence-corrected chi connectivity index (χ2v) is 9.97. The summed E-state index contributed by atoms with van der Waals surface area (Å²) >= 11 is 1.75. The highest BCUT2D eigenvalue weighted by Crippen LogP contribution is 2.35. The van der Waals surface area contributed by atoms with Crippen LogP contribution in [-0.2, 0) is 11.3 Å². The standard InChI is InChI=1S/C23H30N6OS/c1-2-21-25-19(15-29(21)23(3-1)27-9-11-30-12-10-27)20-16-26(17-22-24-6-13-31-22)7-8-28(20)14-18-4-5-18/h1-3,6,13,15,18,20H,4-5,7-12,14,16-17H2/t20-/m0/s1. The van der Waals surface area contributed by atoms with E-state index in [-0.39, 0.29) is 0 Å². The average Bonchev–Trinajstić information content (AvgIpc) is 3.29. The summed E-state index contributed by atoms with van der Waals surface area (Å²) in [7, 11) is 0. The van der Waals surface area contributed by atoms with E-state index < -0.39 is 0 Å². The van der Waals surface area contributed by atoms with Gasteiger partial charge in [-0.1, -0.05) is 6.07 Å². The lowest BCUT2D eigenvalue weighted by atomic mass is 10.1. The highest BCUT2D eigenvalue weighted by molar-refractivity contribution is 7.09. The van der Waals surface area contributed by atoms with Crippen molar-refractivity contribution in [1.82, 2.24) is 24.2 Å². The van der Waals surface area contributed by atoms with Crippen LogP contribution < -0.4 is 4.90 Å². The zero-order valence-corrected chi connectivity index (χ0v) is 18.7. The predicted octanol–water partition coefficient (Wildman–Crippen LogP) is 2.90. The molecular weight excluding hydrogens is 408 g/mol. The van der Waals surface area contributed by atoms with Gasteiger partial charge in [0.2, 0.25) is 0 Å². The van der Waals surface area contributed by atoms with E-state index in [4.69, 9.17) is 9.72 Å². The Hall–Kier alpha value is -2.00. The molecule has 0 spiro atoms. The predicted molar refractivity (Wildman–Crippen MR) is 123 cm³/mol. The maximum absolute atomic E-state index is 5.56. The van der Waals surface area contributed by atoms with E-state index in [9.17, 15) is 0 Å². The molecule has 0 amide bonds. The van der Waals surface area contributed by atoms with Gasteiger partial charge in [0.05, 0.1) is 31.5 Å². The van der Waals surface area contributed by atoms with Gasteiger partial charge >= 0.3 is 0 Å². The van der Waals surface area contributed by atoms with Gasteiger partial charge in [-0.05, 0) is 30.9 Å². The molecule has 3 aromatic heterocycles.